The predicted molar refractivity (Wildman–Crippen MR) is 92.1 cm³/mol. The fourth-order valence-corrected chi connectivity index (χ4v) is 2.60. The van der Waals surface area contributed by atoms with Crippen molar-refractivity contribution in [3.63, 3.8) is 0 Å². The third-order valence-corrected chi connectivity index (χ3v) is 3.94. The van der Waals surface area contributed by atoms with Crippen molar-refractivity contribution >= 4 is 16.9 Å². The molecule has 0 fully saturated rings. The summed E-state index contributed by atoms with van der Waals surface area (Å²) < 4.78 is 0. The van der Waals surface area contributed by atoms with Gasteiger partial charge >= 0.3 is 0 Å². The number of aromatic amines is 1. The van der Waals surface area contributed by atoms with E-state index in [1.807, 2.05) is 43.3 Å². The molecule has 1 unspecified atom stereocenters. The van der Waals surface area contributed by atoms with Gasteiger partial charge in [-0.05, 0) is 36.8 Å². The Labute approximate surface area is 140 Å². The summed E-state index contributed by atoms with van der Waals surface area (Å²) >= 11 is 0. The Bertz CT molecular complexity index is 857. The minimum atomic E-state index is -0.0964. The van der Waals surface area contributed by atoms with Gasteiger partial charge in [0.1, 0.15) is 5.82 Å². The molecule has 0 saturated heterocycles. The molecule has 5 nitrogen and oxygen atoms in total. The predicted octanol–water partition coefficient (Wildman–Crippen LogP) is 3.24. The standard InChI is InChI=1S/C19H18N4O/c1-13(15-8-6-14(12-20)7-9-15)21-19(24)11-10-18-22-16-4-2-3-5-17(16)23-18/h2-9,13H,10-11H2,1H3,(H,21,24)(H,22,23). The molecular formula is C19H18N4O. The lowest BCUT2D eigenvalue weighted by molar-refractivity contribution is -0.121. The molecule has 24 heavy (non-hydrogen) atoms. The molecule has 0 bridgehead atoms. The van der Waals surface area contributed by atoms with Crippen molar-refractivity contribution in [3.8, 4) is 6.07 Å². The maximum Gasteiger partial charge on any atom is 0.220 e. The van der Waals surface area contributed by atoms with Gasteiger partial charge in [-0.1, -0.05) is 24.3 Å². The number of H-pyrrole nitrogens is 1. The van der Waals surface area contributed by atoms with Gasteiger partial charge in [-0.3, -0.25) is 4.79 Å². The second-order valence-corrected chi connectivity index (χ2v) is 5.72. The lowest BCUT2D eigenvalue weighted by Crippen LogP contribution is -2.26. The van der Waals surface area contributed by atoms with Crippen LogP contribution >= 0.6 is 0 Å². The van der Waals surface area contributed by atoms with Crippen molar-refractivity contribution in [1.82, 2.24) is 15.3 Å². The number of nitrogens with one attached hydrogen (secondary N) is 2. The smallest absolute Gasteiger partial charge is 0.220 e. The first-order valence-electron chi connectivity index (χ1n) is 7.89. The minimum Gasteiger partial charge on any atom is -0.350 e. The average Bonchev–Trinajstić information content (AvgIpc) is 3.03. The fourth-order valence-electron chi connectivity index (χ4n) is 2.60. The van der Waals surface area contributed by atoms with Gasteiger partial charge in [-0.2, -0.15) is 5.26 Å². The highest BCUT2D eigenvalue weighted by molar-refractivity contribution is 5.77. The summed E-state index contributed by atoms with van der Waals surface area (Å²) in [6, 6.07) is 17.0. The first-order chi connectivity index (χ1) is 11.7. The van der Waals surface area contributed by atoms with Crippen LogP contribution in [0.4, 0.5) is 0 Å². The summed E-state index contributed by atoms with van der Waals surface area (Å²) in [6.07, 6.45) is 0.945. The van der Waals surface area contributed by atoms with Gasteiger partial charge in [0, 0.05) is 12.8 Å². The largest absolute Gasteiger partial charge is 0.350 e. The van der Waals surface area contributed by atoms with Crippen molar-refractivity contribution in [3.05, 3.63) is 65.5 Å². The van der Waals surface area contributed by atoms with Gasteiger partial charge in [0.25, 0.3) is 0 Å². The zero-order valence-electron chi connectivity index (χ0n) is 13.4. The van der Waals surface area contributed by atoms with E-state index >= 15 is 0 Å². The number of rotatable bonds is 5. The highest BCUT2D eigenvalue weighted by Gasteiger charge is 2.11. The van der Waals surface area contributed by atoms with E-state index in [0.29, 0.717) is 18.4 Å². The first-order valence-corrected chi connectivity index (χ1v) is 7.89. The van der Waals surface area contributed by atoms with Gasteiger partial charge in [0.2, 0.25) is 5.91 Å². The van der Waals surface area contributed by atoms with E-state index in [4.69, 9.17) is 5.26 Å². The van der Waals surface area contributed by atoms with E-state index in [-0.39, 0.29) is 11.9 Å². The van der Waals surface area contributed by atoms with Crippen LogP contribution in [0.1, 0.15) is 36.3 Å². The number of fused-ring (bicyclic) bond motifs is 1. The Hall–Kier alpha value is -3.13. The molecule has 0 aliphatic heterocycles. The molecular weight excluding hydrogens is 300 g/mol. The van der Waals surface area contributed by atoms with Crippen LogP contribution in [0.5, 0.6) is 0 Å². The lowest BCUT2D eigenvalue weighted by Gasteiger charge is -2.14. The highest BCUT2D eigenvalue weighted by Crippen LogP contribution is 2.14. The monoisotopic (exact) mass is 318 g/mol. The Balaban J connectivity index is 1.55. The average molecular weight is 318 g/mol. The van der Waals surface area contributed by atoms with E-state index < -0.39 is 0 Å². The topological polar surface area (TPSA) is 81.6 Å². The van der Waals surface area contributed by atoms with Crippen LogP contribution in [0.3, 0.4) is 0 Å². The van der Waals surface area contributed by atoms with E-state index in [1.54, 1.807) is 12.1 Å². The third kappa shape index (κ3) is 3.61. The van der Waals surface area contributed by atoms with Crippen molar-refractivity contribution in [2.45, 2.75) is 25.8 Å². The molecule has 0 saturated carbocycles. The third-order valence-electron chi connectivity index (χ3n) is 3.94. The van der Waals surface area contributed by atoms with Crippen LogP contribution in [0.2, 0.25) is 0 Å². The normalized spacial score (nSPS) is 11.8. The zero-order valence-corrected chi connectivity index (χ0v) is 13.4. The molecule has 2 N–H and O–H groups in total. The van der Waals surface area contributed by atoms with Gasteiger partial charge in [0.15, 0.2) is 0 Å². The number of nitrogens with zero attached hydrogens (tertiary/aromatic N) is 2. The fraction of sp³-hybridized carbons (Fsp3) is 0.211. The molecule has 1 amide bonds. The van der Waals surface area contributed by atoms with Crippen molar-refractivity contribution < 1.29 is 4.79 Å². The molecule has 0 aliphatic carbocycles. The number of benzene rings is 2. The second-order valence-electron chi connectivity index (χ2n) is 5.72. The molecule has 1 aromatic heterocycles. The Kier molecular flexibility index (Phi) is 4.57. The summed E-state index contributed by atoms with van der Waals surface area (Å²) in [7, 11) is 0. The van der Waals surface area contributed by atoms with Crippen LogP contribution in [-0.4, -0.2) is 15.9 Å². The van der Waals surface area contributed by atoms with Gasteiger partial charge in [-0.25, -0.2) is 4.98 Å². The summed E-state index contributed by atoms with van der Waals surface area (Å²) in [5.74, 6) is 0.796. The Morgan fingerprint density at radius 1 is 1.25 bits per heavy atom. The molecule has 1 atom stereocenters. The number of nitriles is 1. The second kappa shape index (κ2) is 6.97. The molecule has 0 aliphatic rings. The van der Waals surface area contributed by atoms with Crippen LogP contribution in [-0.2, 0) is 11.2 Å². The van der Waals surface area contributed by atoms with Crippen LogP contribution in [0, 0.1) is 11.3 Å². The van der Waals surface area contributed by atoms with Gasteiger partial charge in [-0.15, -0.1) is 0 Å². The van der Waals surface area contributed by atoms with Gasteiger partial charge < -0.3 is 10.3 Å². The Morgan fingerprint density at radius 2 is 2.00 bits per heavy atom. The minimum absolute atomic E-state index is 0.0210. The number of aryl methyl sites for hydroxylation is 1. The quantitative estimate of drug-likeness (QED) is 0.757. The summed E-state index contributed by atoms with van der Waals surface area (Å²) in [5.41, 5.74) is 3.49. The summed E-state index contributed by atoms with van der Waals surface area (Å²) in [6.45, 7) is 1.93. The molecule has 3 aromatic rings. The van der Waals surface area contributed by atoms with E-state index in [1.165, 1.54) is 0 Å². The number of amides is 1. The number of carbonyl (C=O) groups is 1. The van der Waals surface area contributed by atoms with Crippen LogP contribution < -0.4 is 5.32 Å². The van der Waals surface area contributed by atoms with Crippen molar-refractivity contribution in [2.75, 3.05) is 0 Å². The first kappa shape index (κ1) is 15.8. The summed E-state index contributed by atoms with van der Waals surface area (Å²) in [4.78, 5) is 19.8. The number of carbonyl (C=O) groups excluding carboxylic acids is 1. The zero-order chi connectivity index (χ0) is 16.9. The van der Waals surface area contributed by atoms with Crippen molar-refractivity contribution in [2.24, 2.45) is 0 Å². The number of para-hydroxylation sites is 2. The van der Waals surface area contributed by atoms with Gasteiger partial charge in [0.05, 0.1) is 28.7 Å². The molecule has 3 rings (SSSR count). The SMILES string of the molecule is CC(NC(=O)CCc1nc2ccccc2[nH]1)c1ccc(C#N)cc1. The summed E-state index contributed by atoms with van der Waals surface area (Å²) in [5, 5.41) is 11.8. The van der Waals surface area contributed by atoms with E-state index in [2.05, 4.69) is 21.4 Å². The molecule has 1 heterocycles. The number of aromatic nitrogens is 2. The van der Waals surface area contributed by atoms with Crippen LogP contribution in [0.15, 0.2) is 48.5 Å². The maximum absolute atomic E-state index is 12.1. The van der Waals surface area contributed by atoms with Crippen LogP contribution in [0.25, 0.3) is 11.0 Å². The maximum atomic E-state index is 12.1. The van der Waals surface area contributed by atoms with E-state index in [0.717, 1.165) is 22.4 Å². The molecule has 120 valence electrons. The Morgan fingerprint density at radius 3 is 2.71 bits per heavy atom. The molecule has 5 heteroatoms. The molecule has 0 spiro atoms. The van der Waals surface area contributed by atoms with Crippen molar-refractivity contribution in [1.29, 1.82) is 5.26 Å². The molecule has 2 aromatic carbocycles. The lowest BCUT2D eigenvalue weighted by atomic mass is 10.1. The number of hydrogen-bond donors (Lipinski definition) is 2. The number of imidazole rings is 1. The number of hydrogen-bond acceptors (Lipinski definition) is 3. The highest BCUT2D eigenvalue weighted by atomic mass is 16.1. The molecule has 0 radical (unpaired) electrons. The van der Waals surface area contributed by atoms with E-state index in [9.17, 15) is 4.79 Å².